The summed E-state index contributed by atoms with van der Waals surface area (Å²) in [6.07, 6.45) is 0. The second-order valence-electron chi connectivity index (χ2n) is 10.7. The first kappa shape index (κ1) is 27.8. The van der Waals surface area contributed by atoms with Gasteiger partial charge in [0, 0.05) is 12.1 Å². The summed E-state index contributed by atoms with van der Waals surface area (Å²) in [5.41, 5.74) is 3.67. The fraction of sp³-hybridized carbons (Fsp3) is 0.312. The molecule has 0 aliphatic carbocycles. The van der Waals surface area contributed by atoms with Gasteiger partial charge < -0.3 is 24.2 Å². The summed E-state index contributed by atoms with van der Waals surface area (Å²) < 4.78 is 16.1. The molecule has 0 bridgehead atoms. The zero-order valence-corrected chi connectivity index (χ0v) is 23.5. The number of likely N-dealkylation sites (tertiary alicyclic amines) is 1. The summed E-state index contributed by atoms with van der Waals surface area (Å²) >= 11 is 0. The molecule has 1 N–H and O–H groups in total. The van der Waals surface area contributed by atoms with Crippen LogP contribution < -0.4 is 14.2 Å². The summed E-state index contributed by atoms with van der Waals surface area (Å²) in [4.78, 5) is 28.6. The monoisotopic (exact) mass is 529 g/mol. The van der Waals surface area contributed by atoms with Crippen molar-refractivity contribution in [3.8, 4) is 17.2 Å². The second kappa shape index (κ2) is 10.8. The van der Waals surface area contributed by atoms with Crippen molar-refractivity contribution in [2.45, 2.75) is 45.7 Å². The number of amides is 1. The highest BCUT2D eigenvalue weighted by atomic mass is 16.5. The molecule has 1 saturated heterocycles. The summed E-state index contributed by atoms with van der Waals surface area (Å²) in [6.45, 7) is 8.26. The minimum Gasteiger partial charge on any atom is -0.507 e. The molecular weight excluding hydrogens is 494 g/mol. The standard InChI is InChI=1S/C32H35NO6/c1-19-8-12-22(32(2,3)4)17-24(19)29(34)27-28(21-10-13-23(37-5)14-11-21)33(31(36)30(27)35)18-20-9-15-25(38-6)26(16-20)39-7/h8-17,28,34H,18H2,1-7H3/b29-27+. The minimum atomic E-state index is -0.804. The van der Waals surface area contributed by atoms with Gasteiger partial charge in [0.1, 0.15) is 11.5 Å². The van der Waals surface area contributed by atoms with Gasteiger partial charge in [-0.1, -0.05) is 51.1 Å². The number of rotatable bonds is 7. The van der Waals surface area contributed by atoms with Crippen LogP contribution >= 0.6 is 0 Å². The van der Waals surface area contributed by atoms with Crippen LogP contribution in [0, 0.1) is 6.92 Å². The van der Waals surface area contributed by atoms with E-state index >= 15 is 0 Å². The number of methoxy groups -OCH3 is 3. The lowest BCUT2D eigenvalue weighted by atomic mass is 9.84. The number of hydrogen-bond acceptors (Lipinski definition) is 6. The normalized spacial score (nSPS) is 16.9. The summed E-state index contributed by atoms with van der Waals surface area (Å²) in [7, 11) is 4.67. The molecule has 1 atom stereocenters. The number of benzene rings is 3. The number of Topliss-reactive ketones (excluding diaryl/α,β-unsaturated/α-hetero) is 1. The van der Waals surface area contributed by atoms with Gasteiger partial charge in [-0.15, -0.1) is 0 Å². The van der Waals surface area contributed by atoms with Crippen molar-refractivity contribution >= 4 is 17.4 Å². The van der Waals surface area contributed by atoms with Gasteiger partial charge in [-0.3, -0.25) is 9.59 Å². The van der Waals surface area contributed by atoms with Crippen LogP contribution in [0.2, 0.25) is 0 Å². The van der Waals surface area contributed by atoms with Gasteiger partial charge >= 0.3 is 0 Å². The highest BCUT2D eigenvalue weighted by molar-refractivity contribution is 6.46. The summed E-state index contributed by atoms with van der Waals surface area (Å²) in [5, 5.41) is 11.7. The number of carbonyl (C=O) groups excluding carboxylic acids is 2. The average molecular weight is 530 g/mol. The Morgan fingerprint density at radius 2 is 1.54 bits per heavy atom. The van der Waals surface area contributed by atoms with Crippen molar-refractivity contribution in [1.29, 1.82) is 0 Å². The largest absolute Gasteiger partial charge is 0.507 e. The molecule has 1 aliphatic rings. The fourth-order valence-corrected chi connectivity index (χ4v) is 4.84. The molecule has 1 fully saturated rings. The Morgan fingerprint density at radius 1 is 0.872 bits per heavy atom. The molecule has 4 rings (SSSR count). The maximum Gasteiger partial charge on any atom is 0.295 e. The van der Waals surface area contributed by atoms with E-state index in [4.69, 9.17) is 14.2 Å². The molecule has 1 unspecified atom stereocenters. The zero-order valence-electron chi connectivity index (χ0n) is 23.5. The molecule has 0 saturated carbocycles. The first-order chi connectivity index (χ1) is 18.5. The van der Waals surface area contributed by atoms with Crippen molar-refractivity contribution in [3.63, 3.8) is 0 Å². The topological polar surface area (TPSA) is 85.3 Å². The summed E-state index contributed by atoms with van der Waals surface area (Å²) in [6, 6.07) is 17.6. The van der Waals surface area contributed by atoms with Crippen LogP contribution in [0.1, 0.15) is 54.6 Å². The molecule has 0 spiro atoms. The Kier molecular flexibility index (Phi) is 7.72. The minimum absolute atomic E-state index is 0.0554. The number of hydrogen-bond donors (Lipinski definition) is 1. The van der Waals surface area contributed by atoms with E-state index in [9.17, 15) is 14.7 Å². The number of aliphatic hydroxyl groups is 1. The molecule has 7 heteroatoms. The van der Waals surface area contributed by atoms with E-state index in [1.165, 1.54) is 4.90 Å². The van der Waals surface area contributed by atoms with Gasteiger partial charge in [-0.25, -0.2) is 0 Å². The van der Waals surface area contributed by atoms with E-state index < -0.39 is 17.7 Å². The molecule has 0 aromatic heterocycles. The third-order valence-corrected chi connectivity index (χ3v) is 7.13. The van der Waals surface area contributed by atoms with Crippen molar-refractivity contribution in [1.82, 2.24) is 4.90 Å². The molecular formula is C32H35NO6. The Bertz CT molecular complexity index is 1430. The Balaban J connectivity index is 1.89. The number of ether oxygens (including phenoxy) is 3. The predicted octanol–water partition coefficient (Wildman–Crippen LogP) is 5.94. The van der Waals surface area contributed by atoms with Gasteiger partial charge in [-0.05, 0) is 64.9 Å². The van der Waals surface area contributed by atoms with Crippen molar-refractivity contribution in [2.24, 2.45) is 0 Å². The predicted molar refractivity (Wildman–Crippen MR) is 150 cm³/mol. The van der Waals surface area contributed by atoms with Crippen molar-refractivity contribution < 1.29 is 28.9 Å². The van der Waals surface area contributed by atoms with Crippen molar-refractivity contribution in [2.75, 3.05) is 21.3 Å². The van der Waals surface area contributed by atoms with Gasteiger partial charge in [0.2, 0.25) is 0 Å². The first-order valence-electron chi connectivity index (χ1n) is 12.7. The van der Waals surface area contributed by atoms with E-state index in [2.05, 4.69) is 20.8 Å². The van der Waals surface area contributed by atoms with E-state index in [1.54, 1.807) is 45.6 Å². The molecule has 7 nitrogen and oxygen atoms in total. The van der Waals surface area contributed by atoms with E-state index in [1.807, 2.05) is 43.3 Å². The SMILES string of the molecule is COc1ccc(C2/C(=C(\O)c3cc(C(C)(C)C)ccc3C)C(=O)C(=O)N2Cc2ccc(OC)c(OC)c2)cc1. The smallest absolute Gasteiger partial charge is 0.295 e. The number of carbonyl (C=O) groups is 2. The van der Waals surface area contributed by atoms with Crippen LogP contribution in [0.3, 0.4) is 0 Å². The number of aryl methyl sites for hydroxylation is 1. The lowest BCUT2D eigenvalue weighted by molar-refractivity contribution is -0.140. The maximum atomic E-state index is 13.6. The third kappa shape index (κ3) is 5.35. The van der Waals surface area contributed by atoms with Crippen LogP contribution in [0.25, 0.3) is 5.76 Å². The number of aliphatic hydroxyl groups excluding tert-OH is 1. The Labute approximate surface area is 229 Å². The van der Waals surface area contributed by atoms with E-state index in [0.29, 0.717) is 28.4 Å². The molecule has 204 valence electrons. The molecule has 39 heavy (non-hydrogen) atoms. The maximum absolute atomic E-state index is 13.6. The summed E-state index contributed by atoms with van der Waals surface area (Å²) in [5.74, 6) is 0.120. The quantitative estimate of drug-likeness (QED) is 0.232. The van der Waals surface area contributed by atoms with Crippen LogP contribution in [0.5, 0.6) is 17.2 Å². The van der Waals surface area contributed by atoms with Crippen LogP contribution in [-0.2, 0) is 21.5 Å². The molecule has 1 heterocycles. The Hall–Kier alpha value is -4.26. The zero-order chi connectivity index (χ0) is 28.5. The van der Waals surface area contributed by atoms with Crippen LogP contribution in [0.15, 0.2) is 66.2 Å². The fourth-order valence-electron chi connectivity index (χ4n) is 4.84. The van der Waals surface area contributed by atoms with Gasteiger partial charge in [0.05, 0.1) is 32.9 Å². The highest BCUT2D eigenvalue weighted by Gasteiger charge is 2.46. The third-order valence-electron chi connectivity index (χ3n) is 7.13. The van der Waals surface area contributed by atoms with Gasteiger partial charge in [0.15, 0.2) is 11.5 Å². The second-order valence-corrected chi connectivity index (χ2v) is 10.7. The number of nitrogens with zero attached hydrogens (tertiary/aromatic N) is 1. The number of ketones is 1. The average Bonchev–Trinajstić information content (AvgIpc) is 3.17. The van der Waals surface area contributed by atoms with Crippen LogP contribution in [0.4, 0.5) is 0 Å². The molecule has 1 aliphatic heterocycles. The molecule has 3 aromatic rings. The lowest BCUT2D eigenvalue weighted by Crippen LogP contribution is -2.29. The first-order valence-corrected chi connectivity index (χ1v) is 12.7. The van der Waals surface area contributed by atoms with E-state index in [-0.39, 0.29) is 23.3 Å². The van der Waals surface area contributed by atoms with Gasteiger partial charge in [0.25, 0.3) is 11.7 Å². The lowest BCUT2D eigenvalue weighted by Gasteiger charge is -2.26. The molecule has 0 radical (unpaired) electrons. The Morgan fingerprint density at radius 3 is 2.13 bits per heavy atom. The molecule has 3 aromatic carbocycles. The van der Waals surface area contributed by atoms with Crippen molar-refractivity contribution in [3.05, 3.63) is 94.1 Å². The van der Waals surface area contributed by atoms with Crippen LogP contribution in [-0.4, -0.2) is 43.0 Å². The van der Waals surface area contributed by atoms with E-state index in [0.717, 1.165) is 16.7 Å². The van der Waals surface area contributed by atoms with Gasteiger partial charge in [-0.2, -0.15) is 0 Å². The molecule has 1 amide bonds. The highest BCUT2D eigenvalue weighted by Crippen LogP contribution is 2.42.